The molecule has 3 aromatic carbocycles. The van der Waals surface area contributed by atoms with Crippen molar-refractivity contribution >= 4 is 39.3 Å². The summed E-state index contributed by atoms with van der Waals surface area (Å²) in [6, 6.07) is 22.1. The monoisotopic (exact) mass is 570 g/mol. The zero-order chi connectivity index (χ0) is 25.9. The van der Waals surface area contributed by atoms with Gasteiger partial charge in [-0.15, -0.1) is 0 Å². The van der Waals surface area contributed by atoms with Gasteiger partial charge in [0.15, 0.2) is 6.61 Å². The summed E-state index contributed by atoms with van der Waals surface area (Å²) < 4.78 is 6.74. The Hall–Kier alpha value is -2.83. The molecule has 0 fully saturated rings. The van der Waals surface area contributed by atoms with E-state index in [1.54, 1.807) is 23.1 Å². The van der Waals surface area contributed by atoms with E-state index in [0.29, 0.717) is 23.7 Å². The molecule has 36 heavy (non-hydrogen) atoms. The molecule has 7 heteroatoms. The summed E-state index contributed by atoms with van der Waals surface area (Å²) >= 11 is 9.63. The smallest absolute Gasteiger partial charge is 0.261 e. The van der Waals surface area contributed by atoms with Gasteiger partial charge in [-0.05, 0) is 60.4 Å². The normalized spacial score (nSPS) is 11.6. The number of ether oxygens (including phenoxy) is 1. The number of hydrogen-bond donors (Lipinski definition) is 1. The number of aryl methyl sites for hydroxylation is 1. The van der Waals surface area contributed by atoms with E-state index in [2.05, 4.69) is 28.2 Å². The zero-order valence-corrected chi connectivity index (χ0v) is 23.0. The number of benzene rings is 3. The standard InChI is InChI=1S/C29H32BrClN2O3/c1-3-4-15-32-29(35)27(18-22-9-6-5-7-10-22)33(19-23-11-8-12-24(30)17-23)28(34)20-36-25-13-14-26(31)21(2)16-25/h5-14,16-17,27H,3-4,15,18-20H2,1-2H3,(H,32,35). The third-order valence-corrected chi connectivity index (χ3v) is 6.75. The predicted molar refractivity (Wildman–Crippen MR) is 148 cm³/mol. The Balaban J connectivity index is 1.89. The summed E-state index contributed by atoms with van der Waals surface area (Å²) in [5.74, 6) is 0.117. The molecule has 0 aliphatic heterocycles. The third kappa shape index (κ3) is 8.38. The van der Waals surface area contributed by atoms with Crippen LogP contribution in [0.1, 0.15) is 36.5 Å². The van der Waals surface area contributed by atoms with Gasteiger partial charge in [0, 0.05) is 29.0 Å². The Labute approximate surface area is 226 Å². The molecule has 2 amide bonds. The van der Waals surface area contributed by atoms with Crippen molar-refractivity contribution in [1.29, 1.82) is 0 Å². The molecule has 0 aromatic heterocycles. The minimum Gasteiger partial charge on any atom is -0.484 e. The number of unbranched alkanes of at least 4 members (excludes halogenated alkanes) is 1. The number of nitrogens with zero attached hydrogens (tertiary/aromatic N) is 1. The summed E-state index contributed by atoms with van der Waals surface area (Å²) in [4.78, 5) is 28.6. The van der Waals surface area contributed by atoms with E-state index in [1.807, 2.05) is 61.5 Å². The van der Waals surface area contributed by atoms with Gasteiger partial charge in [0.1, 0.15) is 11.8 Å². The molecule has 0 bridgehead atoms. The zero-order valence-electron chi connectivity index (χ0n) is 20.7. The lowest BCUT2D eigenvalue weighted by atomic mass is 10.0. The Morgan fingerprint density at radius 1 is 1.03 bits per heavy atom. The molecule has 0 aliphatic rings. The van der Waals surface area contributed by atoms with E-state index in [4.69, 9.17) is 16.3 Å². The predicted octanol–water partition coefficient (Wildman–Crippen LogP) is 6.35. The number of rotatable bonds is 12. The average Bonchev–Trinajstić information content (AvgIpc) is 2.87. The van der Waals surface area contributed by atoms with Crippen molar-refractivity contribution < 1.29 is 14.3 Å². The second kappa shape index (κ2) is 14.0. The Kier molecular flexibility index (Phi) is 10.8. The SMILES string of the molecule is CCCCNC(=O)C(Cc1ccccc1)N(Cc1cccc(Br)c1)C(=O)COc1ccc(Cl)c(C)c1. The molecule has 1 N–H and O–H groups in total. The van der Waals surface area contributed by atoms with Crippen LogP contribution < -0.4 is 10.1 Å². The molecular weight excluding hydrogens is 540 g/mol. The van der Waals surface area contributed by atoms with E-state index >= 15 is 0 Å². The minimum atomic E-state index is -0.689. The topological polar surface area (TPSA) is 58.6 Å². The maximum atomic E-state index is 13.6. The van der Waals surface area contributed by atoms with Gasteiger partial charge >= 0.3 is 0 Å². The van der Waals surface area contributed by atoms with Crippen molar-refractivity contribution in [3.8, 4) is 5.75 Å². The molecule has 1 atom stereocenters. The van der Waals surface area contributed by atoms with Crippen LogP contribution in [-0.2, 0) is 22.6 Å². The van der Waals surface area contributed by atoms with Crippen molar-refractivity contribution in [3.05, 3.63) is 99.0 Å². The fraction of sp³-hybridized carbons (Fsp3) is 0.310. The summed E-state index contributed by atoms with van der Waals surface area (Å²) in [6.07, 6.45) is 2.25. The summed E-state index contributed by atoms with van der Waals surface area (Å²) in [5, 5.41) is 3.66. The van der Waals surface area contributed by atoms with Gasteiger partial charge in [0.2, 0.25) is 5.91 Å². The van der Waals surface area contributed by atoms with Crippen molar-refractivity contribution in [1.82, 2.24) is 10.2 Å². The highest BCUT2D eigenvalue weighted by Crippen LogP contribution is 2.22. The van der Waals surface area contributed by atoms with E-state index in [9.17, 15) is 9.59 Å². The summed E-state index contributed by atoms with van der Waals surface area (Å²) in [7, 11) is 0. The van der Waals surface area contributed by atoms with Crippen LogP contribution in [0.15, 0.2) is 77.3 Å². The molecule has 0 saturated carbocycles. The number of halogens is 2. The van der Waals surface area contributed by atoms with Crippen molar-refractivity contribution in [2.75, 3.05) is 13.2 Å². The molecule has 0 aliphatic carbocycles. The van der Waals surface area contributed by atoms with Crippen molar-refractivity contribution in [2.24, 2.45) is 0 Å². The lowest BCUT2D eigenvalue weighted by molar-refractivity contribution is -0.142. The second-order valence-electron chi connectivity index (χ2n) is 8.70. The molecule has 1 unspecified atom stereocenters. The van der Waals surface area contributed by atoms with Crippen LogP contribution in [0.4, 0.5) is 0 Å². The number of carbonyl (C=O) groups excluding carboxylic acids is 2. The van der Waals surface area contributed by atoms with Crippen LogP contribution in [0, 0.1) is 6.92 Å². The lowest BCUT2D eigenvalue weighted by Crippen LogP contribution is -2.51. The van der Waals surface area contributed by atoms with Gasteiger partial charge in [-0.1, -0.05) is 83.3 Å². The van der Waals surface area contributed by atoms with Gasteiger partial charge in [-0.25, -0.2) is 0 Å². The molecular formula is C29H32BrClN2O3. The van der Waals surface area contributed by atoms with Crippen LogP contribution in [0.2, 0.25) is 5.02 Å². The highest BCUT2D eigenvalue weighted by Gasteiger charge is 2.30. The van der Waals surface area contributed by atoms with E-state index in [-0.39, 0.29) is 25.0 Å². The number of amides is 2. The highest BCUT2D eigenvalue weighted by atomic mass is 79.9. The Morgan fingerprint density at radius 2 is 1.78 bits per heavy atom. The first-order valence-corrected chi connectivity index (χ1v) is 13.3. The molecule has 0 saturated heterocycles. The van der Waals surface area contributed by atoms with Crippen molar-refractivity contribution in [3.63, 3.8) is 0 Å². The highest BCUT2D eigenvalue weighted by molar-refractivity contribution is 9.10. The van der Waals surface area contributed by atoms with Crippen LogP contribution in [-0.4, -0.2) is 35.9 Å². The number of nitrogens with one attached hydrogen (secondary N) is 1. The Bertz CT molecular complexity index is 1160. The minimum absolute atomic E-state index is 0.169. The van der Waals surface area contributed by atoms with E-state index in [1.165, 1.54) is 0 Å². The molecule has 0 radical (unpaired) electrons. The average molecular weight is 572 g/mol. The fourth-order valence-corrected chi connectivity index (χ4v) is 4.39. The molecule has 3 rings (SSSR count). The molecule has 0 heterocycles. The van der Waals surface area contributed by atoms with Crippen LogP contribution in [0.25, 0.3) is 0 Å². The van der Waals surface area contributed by atoms with Crippen molar-refractivity contribution in [2.45, 2.75) is 45.7 Å². The molecule has 0 spiro atoms. The maximum Gasteiger partial charge on any atom is 0.261 e. The molecule has 5 nitrogen and oxygen atoms in total. The first kappa shape index (κ1) is 27.8. The first-order valence-electron chi connectivity index (χ1n) is 12.1. The largest absolute Gasteiger partial charge is 0.484 e. The van der Waals surface area contributed by atoms with Crippen LogP contribution >= 0.6 is 27.5 Å². The van der Waals surface area contributed by atoms with Gasteiger partial charge in [0.05, 0.1) is 0 Å². The fourth-order valence-electron chi connectivity index (χ4n) is 3.83. The number of carbonyl (C=O) groups is 2. The summed E-state index contributed by atoms with van der Waals surface area (Å²) in [5.41, 5.74) is 2.76. The van der Waals surface area contributed by atoms with E-state index < -0.39 is 6.04 Å². The van der Waals surface area contributed by atoms with Gasteiger partial charge in [0.25, 0.3) is 5.91 Å². The van der Waals surface area contributed by atoms with Gasteiger partial charge in [-0.3, -0.25) is 9.59 Å². The molecule has 3 aromatic rings. The van der Waals surface area contributed by atoms with Gasteiger partial charge < -0.3 is 15.0 Å². The second-order valence-corrected chi connectivity index (χ2v) is 10.0. The Morgan fingerprint density at radius 3 is 2.47 bits per heavy atom. The van der Waals surface area contributed by atoms with E-state index in [0.717, 1.165) is 34.0 Å². The van der Waals surface area contributed by atoms with Gasteiger partial charge in [-0.2, -0.15) is 0 Å². The quantitative estimate of drug-likeness (QED) is 0.258. The van der Waals surface area contributed by atoms with Crippen LogP contribution in [0.5, 0.6) is 5.75 Å². The maximum absolute atomic E-state index is 13.6. The number of hydrogen-bond acceptors (Lipinski definition) is 3. The lowest BCUT2D eigenvalue weighted by Gasteiger charge is -2.31. The molecule has 190 valence electrons. The van der Waals surface area contributed by atoms with Crippen LogP contribution in [0.3, 0.4) is 0 Å². The third-order valence-electron chi connectivity index (χ3n) is 5.83. The first-order chi connectivity index (χ1) is 17.4. The summed E-state index contributed by atoms with van der Waals surface area (Å²) in [6.45, 7) is 4.61.